The van der Waals surface area contributed by atoms with Gasteiger partial charge in [0.05, 0.1) is 5.75 Å². The molecule has 0 bridgehead atoms. The molecule has 1 rings (SSSR count). The van der Waals surface area contributed by atoms with E-state index in [-0.39, 0.29) is 17.7 Å². The van der Waals surface area contributed by atoms with Gasteiger partial charge in [-0.25, -0.2) is 13.1 Å². The third-order valence-electron chi connectivity index (χ3n) is 2.39. The second-order valence-corrected chi connectivity index (χ2v) is 5.99. The van der Waals surface area contributed by atoms with Crippen LogP contribution in [-0.2, 0) is 10.0 Å². The minimum atomic E-state index is -3.12. The molecule has 1 N–H and O–H groups in total. The highest BCUT2D eigenvalue weighted by molar-refractivity contribution is 7.89. The van der Waals surface area contributed by atoms with Crippen molar-refractivity contribution in [3.8, 4) is 0 Å². The predicted octanol–water partition coefficient (Wildman–Crippen LogP) is 1.33. The maximum absolute atomic E-state index is 11.3. The normalized spacial score (nSPS) is 29.4. The number of hydrogen-bond donors (Lipinski definition) is 1. The lowest BCUT2D eigenvalue weighted by Gasteiger charge is -2.11. The SMILES string of the molecule is CC1CCC(NS(=O)(=O)CCCl)C1. The summed E-state index contributed by atoms with van der Waals surface area (Å²) >= 11 is 5.38. The van der Waals surface area contributed by atoms with Crippen LogP contribution in [0.1, 0.15) is 26.2 Å². The lowest BCUT2D eigenvalue weighted by Crippen LogP contribution is -2.35. The highest BCUT2D eigenvalue weighted by Gasteiger charge is 2.24. The fourth-order valence-corrected chi connectivity index (χ4v) is 3.38. The maximum atomic E-state index is 11.3. The third kappa shape index (κ3) is 3.83. The van der Waals surface area contributed by atoms with Gasteiger partial charge in [0.25, 0.3) is 0 Å². The highest BCUT2D eigenvalue weighted by atomic mass is 35.5. The lowest BCUT2D eigenvalue weighted by molar-refractivity contribution is 0.539. The van der Waals surface area contributed by atoms with Gasteiger partial charge in [-0.1, -0.05) is 6.92 Å². The Balaban J connectivity index is 2.40. The number of alkyl halides is 1. The fraction of sp³-hybridized carbons (Fsp3) is 1.00. The molecule has 0 aromatic rings. The van der Waals surface area contributed by atoms with Crippen LogP contribution in [0.4, 0.5) is 0 Å². The molecule has 0 amide bonds. The Hall–Kier alpha value is 0.200. The minimum Gasteiger partial charge on any atom is -0.212 e. The van der Waals surface area contributed by atoms with Crippen molar-refractivity contribution in [2.75, 3.05) is 11.6 Å². The van der Waals surface area contributed by atoms with Crippen LogP contribution >= 0.6 is 11.6 Å². The molecular weight excluding hydrogens is 210 g/mol. The Morgan fingerprint density at radius 1 is 1.46 bits per heavy atom. The van der Waals surface area contributed by atoms with E-state index in [0.717, 1.165) is 19.3 Å². The Morgan fingerprint density at radius 3 is 2.62 bits per heavy atom. The quantitative estimate of drug-likeness (QED) is 0.734. The molecule has 0 radical (unpaired) electrons. The van der Waals surface area contributed by atoms with Crippen LogP contribution < -0.4 is 4.72 Å². The molecule has 5 heteroatoms. The first kappa shape index (κ1) is 11.3. The topological polar surface area (TPSA) is 46.2 Å². The van der Waals surface area contributed by atoms with Crippen molar-refractivity contribution < 1.29 is 8.42 Å². The average Bonchev–Trinajstić information content (AvgIpc) is 2.34. The molecule has 0 aromatic carbocycles. The van der Waals surface area contributed by atoms with Gasteiger partial charge in [-0.05, 0) is 25.2 Å². The highest BCUT2D eigenvalue weighted by Crippen LogP contribution is 2.24. The van der Waals surface area contributed by atoms with E-state index < -0.39 is 10.0 Å². The first-order valence-electron chi connectivity index (χ1n) is 4.59. The molecule has 1 aliphatic rings. The van der Waals surface area contributed by atoms with E-state index in [1.54, 1.807) is 0 Å². The summed E-state index contributed by atoms with van der Waals surface area (Å²) in [5.74, 6) is 0.834. The predicted molar refractivity (Wildman–Crippen MR) is 54.4 cm³/mol. The average molecular weight is 226 g/mol. The van der Waals surface area contributed by atoms with Crippen LogP contribution in [-0.4, -0.2) is 26.1 Å². The first-order chi connectivity index (χ1) is 6.03. The third-order valence-corrected chi connectivity index (χ3v) is 4.23. The van der Waals surface area contributed by atoms with Crippen LogP contribution in [0.3, 0.4) is 0 Å². The van der Waals surface area contributed by atoms with Crippen molar-refractivity contribution >= 4 is 21.6 Å². The van der Waals surface area contributed by atoms with Crippen molar-refractivity contribution in [2.24, 2.45) is 5.92 Å². The first-order valence-corrected chi connectivity index (χ1v) is 6.78. The summed E-state index contributed by atoms with van der Waals surface area (Å²) in [6.07, 6.45) is 3.04. The zero-order valence-corrected chi connectivity index (χ0v) is 9.37. The minimum absolute atomic E-state index is 0.0272. The molecule has 3 nitrogen and oxygen atoms in total. The van der Waals surface area contributed by atoms with Crippen LogP contribution in [0.2, 0.25) is 0 Å². The molecule has 78 valence electrons. The number of nitrogens with one attached hydrogen (secondary N) is 1. The standard InChI is InChI=1S/C8H16ClNO2S/c1-7-2-3-8(6-7)10-13(11,12)5-4-9/h7-8,10H,2-6H2,1H3. The maximum Gasteiger partial charge on any atom is 0.213 e. The van der Waals surface area contributed by atoms with Gasteiger partial charge >= 0.3 is 0 Å². The fourth-order valence-electron chi connectivity index (χ4n) is 1.73. The molecule has 0 heterocycles. The van der Waals surface area contributed by atoms with Gasteiger partial charge in [0.1, 0.15) is 0 Å². The summed E-state index contributed by atoms with van der Waals surface area (Å²) in [5.41, 5.74) is 0. The molecule has 0 aromatic heterocycles. The second kappa shape index (κ2) is 4.62. The van der Waals surface area contributed by atoms with Crippen LogP contribution in [0, 0.1) is 5.92 Å². The van der Waals surface area contributed by atoms with Crippen molar-refractivity contribution in [2.45, 2.75) is 32.2 Å². The van der Waals surface area contributed by atoms with E-state index in [1.807, 2.05) is 0 Å². The Morgan fingerprint density at radius 2 is 2.15 bits per heavy atom. The van der Waals surface area contributed by atoms with Gasteiger partial charge in [0.15, 0.2) is 0 Å². The van der Waals surface area contributed by atoms with Crippen LogP contribution in [0.25, 0.3) is 0 Å². The van der Waals surface area contributed by atoms with Crippen molar-refractivity contribution in [1.82, 2.24) is 4.72 Å². The Bertz CT molecular complexity index is 253. The molecule has 0 spiro atoms. The smallest absolute Gasteiger partial charge is 0.212 e. The van der Waals surface area contributed by atoms with E-state index in [1.165, 1.54) is 0 Å². The molecule has 0 aliphatic heterocycles. The molecular formula is C8H16ClNO2S. The van der Waals surface area contributed by atoms with Gasteiger partial charge < -0.3 is 0 Å². The Kier molecular flexibility index (Phi) is 4.01. The van der Waals surface area contributed by atoms with Gasteiger partial charge in [0, 0.05) is 11.9 Å². The second-order valence-electron chi connectivity index (χ2n) is 3.74. The van der Waals surface area contributed by atoms with E-state index in [4.69, 9.17) is 11.6 Å². The number of halogens is 1. The van der Waals surface area contributed by atoms with E-state index in [9.17, 15) is 8.42 Å². The van der Waals surface area contributed by atoms with Gasteiger partial charge in [0.2, 0.25) is 10.0 Å². The monoisotopic (exact) mass is 225 g/mol. The largest absolute Gasteiger partial charge is 0.213 e. The molecule has 0 saturated heterocycles. The van der Waals surface area contributed by atoms with Gasteiger partial charge in [-0.15, -0.1) is 11.6 Å². The van der Waals surface area contributed by atoms with E-state index in [2.05, 4.69) is 11.6 Å². The Labute approximate surface area is 84.9 Å². The molecule has 2 unspecified atom stereocenters. The number of hydrogen-bond acceptors (Lipinski definition) is 2. The van der Waals surface area contributed by atoms with Crippen LogP contribution in [0.5, 0.6) is 0 Å². The number of sulfonamides is 1. The summed E-state index contributed by atoms with van der Waals surface area (Å²) in [5, 5.41) is 0. The van der Waals surface area contributed by atoms with Crippen molar-refractivity contribution in [3.05, 3.63) is 0 Å². The summed E-state index contributed by atoms with van der Waals surface area (Å²) in [7, 11) is -3.12. The van der Waals surface area contributed by atoms with E-state index >= 15 is 0 Å². The number of rotatable bonds is 4. The molecule has 1 fully saturated rings. The summed E-state index contributed by atoms with van der Waals surface area (Å²) in [6.45, 7) is 2.15. The van der Waals surface area contributed by atoms with Crippen molar-refractivity contribution in [1.29, 1.82) is 0 Å². The van der Waals surface area contributed by atoms with E-state index in [0.29, 0.717) is 5.92 Å². The van der Waals surface area contributed by atoms with Crippen molar-refractivity contribution in [3.63, 3.8) is 0 Å². The summed E-state index contributed by atoms with van der Waals surface area (Å²) in [4.78, 5) is 0. The zero-order valence-electron chi connectivity index (χ0n) is 7.79. The summed E-state index contributed by atoms with van der Waals surface area (Å²) in [6, 6.07) is 0.142. The molecule has 1 aliphatic carbocycles. The van der Waals surface area contributed by atoms with Gasteiger partial charge in [-0.3, -0.25) is 0 Å². The zero-order chi connectivity index (χ0) is 9.90. The molecule has 1 saturated carbocycles. The molecule has 2 atom stereocenters. The lowest BCUT2D eigenvalue weighted by atomic mass is 10.1. The molecule has 13 heavy (non-hydrogen) atoms. The summed E-state index contributed by atoms with van der Waals surface area (Å²) < 4.78 is 25.3. The van der Waals surface area contributed by atoms with Gasteiger partial charge in [-0.2, -0.15) is 0 Å². The van der Waals surface area contributed by atoms with Crippen LogP contribution in [0.15, 0.2) is 0 Å².